The molecule has 1 fully saturated rings. The average molecular weight is 286 g/mol. The zero-order chi connectivity index (χ0) is 14.3. The Bertz CT molecular complexity index is 560. The minimum absolute atomic E-state index is 0.0768. The van der Waals surface area contributed by atoms with Gasteiger partial charge in [-0.05, 0) is 24.7 Å². The van der Waals surface area contributed by atoms with Crippen LogP contribution in [-0.2, 0) is 17.1 Å². The van der Waals surface area contributed by atoms with Crippen LogP contribution in [0.25, 0.3) is 0 Å². The predicted octanol–water partition coefficient (Wildman–Crippen LogP) is 1.20. The highest BCUT2D eigenvalue weighted by Gasteiger charge is 2.41. The highest BCUT2D eigenvalue weighted by molar-refractivity contribution is 7.89. The van der Waals surface area contributed by atoms with Gasteiger partial charge in [-0.3, -0.25) is 4.68 Å². The van der Waals surface area contributed by atoms with Gasteiger partial charge in [0.2, 0.25) is 10.0 Å². The molecule has 2 rings (SSSR count). The van der Waals surface area contributed by atoms with Crippen LogP contribution >= 0.6 is 0 Å². The Morgan fingerprint density at radius 3 is 2.47 bits per heavy atom. The number of hydrogen-bond acceptors (Lipinski definition) is 4. The van der Waals surface area contributed by atoms with E-state index in [4.69, 9.17) is 5.73 Å². The van der Waals surface area contributed by atoms with E-state index in [1.54, 1.807) is 11.4 Å². The Morgan fingerprint density at radius 1 is 1.42 bits per heavy atom. The van der Waals surface area contributed by atoms with Gasteiger partial charge in [0.25, 0.3) is 0 Å². The molecular weight excluding hydrogens is 264 g/mol. The molecule has 0 aliphatic carbocycles. The van der Waals surface area contributed by atoms with Gasteiger partial charge in [0, 0.05) is 26.3 Å². The summed E-state index contributed by atoms with van der Waals surface area (Å²) in [5.41, 5.74) is 5.81. The Morgan fingerprint density at radius 2 is 2.05 bits per heavy atom. The fourth-order valence-electron chi connectivity index (χ4n) is 2.75. The van der Waals surface area contributed by atoms with Crippen LogP contribution in [0.3, 0.4) is 0 Å². The molecule has 0 radical (unpaired) electrons. The quantitative estimate of drug-likeness (QED) is 0.902. The fourth-order valence-corrected chi connectivity index (χ4v) is 4.39. The number of aryl methyl sites for hydroxylation is 1. The highest BCUT2D eigenvalue weighted by Crippen LogP contribution is 2.39. The summed E-state index contributed by atoms with van der Waals surface area (Å²) >= 11 is 0. The number of nitrogens with zero attached hydrogens (tertiary/aromatic N) is 3. The van der Waals surface area contributed by atoms with Crippen LogP contribution < -0.4 is 5.73 Å². The smallest absolute Gasteiger partial charge is 0.248 e. The summed E-state index contributed by atoms with van der Waals surface area (Å²) < 4.78 is 28.1. The van der Waals surface area contributed by atoms with Crippen molar-refractivity contribution in [2.45, 2.75) is 38.0 Å². The van der Waals surface area contributed by atoms with Gasteiger partial charge in [-0.2, -0.15) is 9.40 Å². The zero-order valence-electron chi connectivity index (χ0n) is 11.8. The van der Waals surface area contributed by atoms with Gasteiger partial charge in [-0.25, -0.2) is 8.42 Å². The number of hydrogen-bond donors (Lipinski definition) is 1. The van der Waals surface area contributed by atoms with E-state index in [1.165, 1.54) is 10.9 Å². The third kappa shape index (κ3) is 2.36. The maximum Gasteiger partial charge on any atom is 0.248 e. The molecule has 0 unspecified atom stereocenters. The summed E-state index contributed by atoms with van der Waals surface area (Å²) in [6.07, 6.45) is 4.39. The van der Waals surface area contributed by atoms with Crippen molar-refractivity contribution >= 4 is 15.8 Å². The fraction of sp³-hybridized carbons (Fsp3) is 0.750. The van der Waals surface area contributed by atoms with Crippen LogP contribution in [0, 0.1) is 5.41 Å². The Labute approximate surface area is 114 Å². The molecule has 2 N–H and O–H groups in total. The van der Waals surface area contributed by atoms with E-state index in [1.807, 2.05) is 0 Å². The van der Waals surface area contributed by atoms with Gasteiger partial charge >= 0.3 is 0 Å². The van der Waals surface area contributed by atoms with Gasteiger partial charge in [0.05, 0.1) is 0 Å². The molecule has 1 aromatic rings. The number of anilines is 1. The molecule has 1 saturated heterocycles. The molecular formula is C12H22N4O2S. The Hall–Kier alpha value is -1.08. The van der Waals surface area contributed by atoms with Gasteiger partial charge in [-0.15, -0.1) is 0 Å². The molecule has 0 saturated carbocycles. The standard InChI is InChI=1S/C12H22N4O2S/c1-4-12(5-2)6-7-16(9-12)19(17,18)10-8-15(3)14-11(10)13/h8H,4-7,9H2,1-3H3,(H2,13,14). The van der Waals surface area contributed by atoms with Crippen molar-refractivity contribution in [1.82, 2.24) is 14.1 Å². The SMILES string of the molecule is CCC1(CC)CCN(S(=O)(=O)c2cn(C)nc2N)C1. The van der Waals surface area contributed by atoms with Crippen molar-refractivity contribution in [3.8, 4) is 0 Å². The molecule has 7 heteroatoms. The van der Waals surface area contributed by atoms with E-state index < -0.39 is 10.0 Å². The highest BCUT2D eigenvalue weighted by atomic mass is 32.2. The van der Waals surface area contributed by atoms with Crippen molar-refractivity contribution in [1.29, 1.82) is 0 Å². The summed E-state index contributed by atoms with van der Waals surface area (Å²) in [4.78, 5) is 0.123. The van der Waals surface area contributed by atoms with Crippen molar-refractivity contribution in [2.75, 3.05) is 18.8 Å². The van der Waals surface area contributed by atoms with Crippen molar-refractivity contribution in [2.24, 2.45) is 12.5 Å². The van der Waals surface area contributed by atoms with E-state index >= 15 is 0 Å². The first-order valence-electron chi connectivity index (χ1n) is 6.64. The van der Waals surface area contributed by atoms with Gasteiger partial charge in [-0.1, -0.05) is 13.8 Å². The van der Waals surface area contributed by atoms with Crippen LogP contribution in [0.4, 0.5) is 5.82 Å². The van der Waals surface area contributed by atoms with Crippen molar-refractivity contribution in [3.63, 3.8) is 0 Å². The van der Waals surface area contributed by atoms with Gasteiger partial charge in [0.1, 0.15) is 4.90 Å². The first-order chi connectivity index (χ1) is 8.84. The summed E-state index contributed by atoms with van der Waals surface area (Å²) in [5.74, 6) is 0.0768. The minimum atomic E-state index is -3.51. The second kappa shape index (κ2) is 4.79. The van der Waals surface area contributed by atoms with Gasteiger partial charge in [0.15, 0.2) is 5.82 Å². The lowest BCUT2D eigenvalue weighted by molar-refractivity contribution is 0.279. The lowest BCUT2D eigenvalue weighted by atomic mass is 9.82. The molecule has 0 atom stereocenters. The molecule has 1 aliphatic heterocycles. The summed E-state index contributed by atoms with van der Waals surface area (Å²) in [6.45, 7) is 5.39. The topological polar surface area (TPSA) is 81.2 Å². The van der Waals surface area contributed by atoms with Crippen LogP contribution in [0.2, 0.25) is 0 Å². The monoisotopic (exact) mass is 286 g/mol. The molecule has 19 heavy (non-hydrogen) atoms. The second-order valence-corrected chi connectivity index (χ2v) is 7.25. The lowest BCUT2D eigenvalue weighted by Gasteiger charge is -2.26. The zero-order valence-corrected chi connectivity index (χ0v) is 12.6. The first-order valence-corrected chi connectivity index (χ1v) is 8.08. The molecule has 0 aromatic carbocycles. The van der Waals surface area contributed by atoms with Crippen LogP contribution in [0.15, 0.2) is 11.1 Å². The minimum Gasteiger partial charge on any atom is -0.381 e. The normalized spacial score (nSPS) is 19.9. The maximum absolute atomic E-state index is 12.6. The Kier molecular flexibility index (Phi) is 3.61. The number of rotatable bonds is 4. The molecule has 1 aliphatic rings. The van der Waals surface area contributed by atoms with Crippen molar-refractivity contribution in [3.05, 3.63) is 6.20 Å². The summed E-state index contributed by atoms with van der Waals surface area (Å²) in [6, 6.07) is 0. The number of aromatic nitrogens is 2. The van der Waals surface area contributed by atoms with Crippen LogP contribution in [0.1, 0.15) is 33.1 Å². The third-order valence-electron chi connectivity index (χ3n) is 4.34. The van der Waals surface area contributed by atoms with E-state index in [9.17, 15) is 8.42 Å². The Balaban J connectivity index is 2.30. The van der Waals surface area contributed by atoms with Crippen LogP contribution in [0.5, 0.6) is 0 Å². The van der Waals surface area contributed by atoms with E-state index in [2.05, 4.69) is 18.9 Å². The first kappa shape index (κ1) is 14.3. The number of nitrogen functional groups attached to an aromatic ring is 1. The van der Waals surface area contributed by atoms with Gasteiger partial charge < -0.3 is 5.73 Å². The molecule has 0 bridgehead atoms. The van der Waals surface area contributed by atoms with E-state index in [0.29, 0.717) is 13.1 Å². The third-order valence-corrected chi connectivity index (χ3v) is 6.21. The average Bonchev–Trinajstić information content (AvgIpc) is 2.94. The predicted molar refractivity (Wildman–Crippen MR) is 74.0 cm³/mol. The largest absolute Gasteiger partial charge is 0.381 e. The molecule has 6 nitrogen and oxygen atoms in total. The summed E-state index contributed by atoms with van der Waals surface area (Å²) in [5, 5.41) is 3.91. The molecule has 0 amide bonds. The maximum atomic E-state index is 12.6. The molecule has 2 heterocycles. The van der Waals surface area contributed by atoms with E-state index in [-0.39, 0.29) is 16.1 Å². The molecule has 0 spiro atoms. The van der Waals surface area contributed by atoms with E-state index in [0.717, 1.165) is 19.3 Å². The number of sulfonamides is 1. The second-order valence-electron chi connectivity index (χ2n) is 5.35. The van der Waals surface area contributed by atoms with Crippen molar-refractivity contribution < 1.29 is 8.42 Å². The number of nitrogens with two attached hydrogens (primary N) is 1. The molecule has 108 valence electrons. The summed E-state index contributed by atoms with van der Waals surface area (Å²) in [7, 11) is -1.85. The van der Waals surface area contributed by atoms with Crippen LogP contribution in [-0.4, -0.2) is 35.6 Å². The molecule has 1 aromatic heterocycles. The lowest BCUT2D eigenvalue weighted by Crippen LogP contribution is -2.32.